The van der Waals surface area contributed by atoms with Crippen LogP contribution in [-0.4, -0.2) is 28.6 Å². The molecule has 0 aliphatic carbocycles. The van der Waals surface area contributed by atoms with Crippen molar-refractivity contribution in [2.45, 2.75) is 33.7 Å². The molecule has 0 aromatic carbocycles. The number of aromatic nitrogens is 1. The van der Waals surface area contributed by atoms with Gasteiger partial charge in [-0.25, -0.2) is 4.98 Å². The van der Waals surface area contributed by atoms with E-state index in [9.17, 15) is 4.79 Å². The Morgan fingerprint density at radius 3 is 2.50 bits per heavy atom. The van der Waals surface area contributed by atoms with E-state index >= 15 is 0 Å². The van der Waals surface area contributed by atoms with E-state index in [0.717, 1.165) is 10.7 Å². The number of aliphatic hydroxyl groups is 1. The third-order valence-corrected chi connectivity index (χ3v) is 3.50. The molecular formula is C11H18N2O2S. The van der Waals surface area contributed by atoms with Gasteiger partial charge >= 0.3 is 0 Å². The van der Waals surface area contributed by atoms with Gasteiger partial charge in [-0.1, -0.05) is 13.8 Å². The van der Waals surface area contributed by atoms with Crippen molar-refractivity contribution in [1.29, 1.82) is 0 Å². The Hall–Kier alpha value is -0.940. The molecule has 90 valence electrons. The first-order valence-corrected chi connectivity index (χ1v) is 6.13. The molecule has 0 bridgehead atoms. The van der Waals surface area contributed by atoms with Crippen LogP contribution < -0.4 is 5.32 Å². The number of aliphatic hydroxyl groups excluding tert-OH is 1. The van der Waals surface area contributed by atoms with Gasteiger partial charge in [0.05, 0.1) is 23.4 Å². The summed E-state index contributed by atoms with van der Waals surface area (Å²) in [7, 11) is 0. The molecule has 0 spiro atoms. The number of carbonyl (C=O) groups is 1. The molecule has 1 unspecified atom stereocenters. The lowest BCUT2D eigenvalue weighted by molar-refractivity contribution is 0.0900. The van der Waals surface area contributed by atoms with Crippen LogP contribution in [0.4, 0.5) is 0 Å². The van der Waals surface area contributed by atoms with Gasteiger partial charge < -0.3 is 10.4 Å². The van der Waals surface area contributed by atoms with Crippen molar-refractivity contribution in [3.8, 4) is 0 Å². The van der Waals surface area contributed by atoms with Gasteiger partial charge in [0.1, 0.15) is 4.88 Å². The van der Waals surface area contributed by atoms with Gasteiger partial charge in [-0.2, -0.15) is 0 Å². The molecule has 1 aromatic heterocycles. The van der Waals surface area contributed by atoms with Gasteiger partial charge in [-0.15, -0.1) is 11.3 Å². The predicted octanol–water partition coefficient (Wildman–Crippen LogP) is 1.51. The van der Waals surface area contributed by atoms with Gasteiger partial charge in [-0.05, 0) is 19.8 Å². The van der Waals surface area contributed by atoms with Crippen LogP contribution in [0.2, 0.25) is 0 Å². The number of aryl methyl sites for hydroxylation is 2. The lowest BCUT2D eigenvalue weighted by Gasteiger charge is -2.19. The molecule has 4 nitrogen and oxygen atoms in total. The Balaban J connectivity index is 2.75. The fraction of sp³-hybridized carbons (Fsp3) is 0.636. The number of thiazole rings is 1. The monoisotopic (exact) mass is 242 g/mol. The Bertz CT molecular complexity index is 374. The van der Waals surface area contributed by atoms with E-state index in [2.05, 4.69) is 10.3 Å². The van der Waals surface area contributed by atoms with E-state index in [4.69, 9.17) is 5.11 Å². The third kappa shape index (κ3) is 3.02. The summed E-state index contributed by atoms with van der Waals surface area (Å²) in [5, 5.41) is 12.8. The Kier molecular flexibility index (Phi) is 4.44. The Labute approximate surface area is 99.7 Å². The van der Waals surface area contributed by atoms with Crippen molar-refractivity contribution in [2.24, 2.45) is 5.92 Å². The number of rotatable bonds is 4. The van der Waals surface area contributed by atoms with E-state index < -0.39 is 0 Å². The maximum Gasteiger partial charge on any atom is 0.263 e. The van der Waals surface area contributed by atoms with Crippen LogP contribution in [0, 0.1) is 19.8 Å². The number of amides is 1. The van der Waals surface area contributed by atoms with Crippen LogP contribution in [0.1, 0.15) is 34.2 Å². The molecule has 1 rings (SSSR count). The van der Waals surface area contributed by atoms with Crippen LogP contribution >= 0.6 is 11.3 Å². The van der Waals surface area contributed by atoms with Crippen LogP contribution in [0.5, 0.6) is 0 Å². The highest BCUT2D eigenvalue weighted by atomic mass is 32.1. The van der Waals surface area contributed by atoms with Crippen LogP contribution in [0.15, 0.2) is 0 Å². The van der Waals surface area contributed by atoms with Gasteiger partial charge in [0, 0.05) is 0 Å². The molecular weight excluding hydrogens is 224 g/mol. The first-order valence-electron chi connectivity index (χ1n) is 5.31. The standard InChI is InChI=1S/C11H18N2O2S/c1-6(2)9(5-14)13-11(15)10-7(3)12-8(4)16-10/h6,9,14H,5H2,1-4H3,(H,13,15). The summed E-state index contributed by atoms with van der Waals surface area (Å²) in [6.45, 7) is 7.58. The summed E-state index contributed by atoms with van der Waals surface area (Å²) in [5.74, 6) is 0.0686. The second-order valence-corrected chi connectivity index (χ2v) is 5.36. The lowest BCUT2D eigenvalue weighted by Crippen LogP contribution is -2.41. The zero-order chi connectivity index (χ0) is 12.3. The summed E-state index contributed by atoms with van der Waals surface area (Å²) in [5.41, 5.74) is 0.750. The van der Waals surface area contributed by atoms with Gasteiger partial charge in [0.15, 0.2) is 0 Å². The number of hydrogen-bond donors (Lipinski definition) is 2. The maximum absolute atomic E-state index is 11.9. The molecule has 0 aliphatic heterocycles. The number of hydrogen-bond acceptors (Lipinski definition) is 4. The van der Waals surface area contributed by atoms with Crippen molar-refractivity contribution in [2.75, 3.05) is 6.61 Å². The highest BCUT2D eigenvalue weighted by molar-refractivity contribution is 7.13. The average molecular weight is 242 g/mol. The highest BCUT2D eigenvalue weighted by Gasteiger charge is 2.19. The zero-order valence-electron chi connectivity index (χ0n) is 10.1. The molecule has 1 aromatic rings. The van der Waals surface area contributed by atoms with Gasteiger partial charge in [-0.3, -0.25) is 4.79 Å². The molecule has 0 radical (unpaired) electrons. The number of nitrogens with zero attached hydrogens (tertiary/aromatic N) is 1. The SMILES string of the molecule is Cc1nc(C)c(C(=O)NC(CO)C(C)C)s1. The fourth-order valence-corrected chi connectivity index (χ4v) is 2.22. The van der Waals surface area contributed by atoms with Crippen molar-refractivity contribution < 1.29 is 9.90 Å². The summed E-state index contributed by atoms with van der Waals surface area (Å²) >= 11 is 1.38. The minimum atomic E-state index is -0.200. The van der Waals surface area contributed by atoms with Crippen LogP contribution in [-0.2, 0) is 0 Å². The van der Waals surface area contributed by atoms with Crippen molar-refractivity contribution in [1.82, 2.24) is 10.3 Å². The summed E-state index contributed by atoms with van der Waals surface area (Å²) in [6.07, 6.45) is 0. The number of carbonyl (C=O) groups excluding carboxylic acids is 1. The first-order chi connectivity index (χ1) is 7.45. The van der Waals surface area contributed by atoms with Gasteiger partial charge in [0.25, 0.3) is 5.91 Å². The second-order valence-electron chi connectivity index (χ2n) is 4.15. The molecule has 2 N–H and O–H groups in total. The summed E-state index contributed by atoms with van der Waals surface area (Å²) < 4.78 is 0. The zero-order valence-corrected chi connectivity index (χ0v) is 10.9. The van der Waals surface area contributed by atoms with E-state index in [1.165, 1.54) is 11.3 Å². The van der Waals surface area contributed by atoms with Crippen molar-refractivity contribution >= 4 is 17.2 Å². The molecule has 0 saturated heterocycles. The third-order valence-electron chi connectivity index (χ3n) is 2.43. The summed E-state index contributed by atoms with van der Waals surface area (Å²) in [4.78, 5) is 16.7. The van der Waals surface area contributed by atoms with Crippen molar-refractivity contribution in [3.63, 3.8) is 0 Å². The Morgan fingerprint density at radius 2 is 2.12 bits per heavy atom. The van der Waals surface area contributed by atoms with E-state index in [1.807, 2.05) is 27.7 Å². The smallest absolute Gasteiger partial charge is 0.263 e. The summed E-state index contributed by atoms with van der Waals surface area (Å²) in [6, 6.07) is -0.200. The van der Waals surface area contributed by atoms with E-state index in [-0.39, 0.29) is 24.5 Å². The van der Waals surface area contributed by atoms with E-state index in [0.29, 0.717) is 4.88 Å². The maximum atomic E-state index is 11.9. The minimum Gasteiger partial charge on any atom is -0.394 e. The molecule has 0 fully saturated rings. The largest absolute Gasteiger partial charge is 0.394 e. The lowest BCUT2D eigenvalue weighted by atomic mass is 10.1. The van der Waals surface area contributed by atoms with Crippen LogP contribution in [0.3, 0.4) is 0 Å². The first kappa shape index (κ1) is 13.1. The van der Waals surface area contributed by atoms with E-state index in [1.54, 1.807) is 0 Å². The van der Waals surface area contributed by atoms with Crippen molar-refractivity contribution in [3.05, 3.63) is 15.6 Å². The quantitative estimate of drug-likeness (QED) is 0.841. The molecule has 0 saturated carbocycles. The molecule has 5 heteroatoms. The minimum absolute atomic E-state index is 0.0414. The highest BCUT2D eigenvalue weighted by Crippen LogP contribution is 2.17. The molecule has 1 heterocycles. The molecule has 16 heavy (non-hydrogen) atoms. The Morgan fingerprint density at radius 1 is 1.50 bits per heavy atom. The normalized spacial score (nSPS) is 12.9. The fourth-order valence-electron chi connectivity index (χ4n) is 1.40. The topological polar surface area (TPSA) is 62.2 Å². The molecule has 1 amide bonds. The molecule has 1 atom stereocenters. The predicted molar refractivity (Wildman–Crippen MR) is 64.8 cm³/mol. The number of nitrogens with one attached hydrogen (secondary N) is 1. The second kappa shape index (κ2) is 5.41. The average Bonchev–Trinajstić information content (AvgIpc) is 2.53. The van der Waals surface area contributed by atoms with Gasteiger partial charge in [0.2, 0.25) is 0 Å². The van der Waals surface area contributed by atoms with Crippen LogP contribution in [0.25, 0.3) is 0 Å². The molecule has 0 aliphatic rings.